The molecule has 3 nitrogen and oxygen atoms in total. The van der Waals surface area contributed by atoms with Crippen LogP contribution in [0, 0.1) is 0 Å². The van der Waals surface area contributed by atoms with Gasteiger partial charge >= 0.3 is 0 Å². The fourth-order valence-corrected chi connectivity index (χ4v) is 5.40. The first-order chi connectivity index (χ1) is 17.0. The molecule has 35 heavy (non-hydrogen) atoms. The van der Waals surface area contributed by atoms with Crippen molar-refractivity contribution in [2.45, 2.75) is 24.4 Å². The quantitative estimate of drug-likeness (QED) is 0.304. The maximum atomic E-state index is 6.63. The van der Waals surface area contributed by atoms with Crippen LogP contribution in [0.15, 0.2) is 96.6 Å². The maximum absolute atomic E-state index is 6.63. The zero-order chi connectivity index (χ0) is 24.2. The highest BCUT2D eigenvalue weighted by molar-refractivity contribution is 6.36. The van der Waals surface area contributed by atoms with E-state index in [-0.39, 0.29) is 11.4 Å². The molecule has 6 heteroatoms. The third kappa shape index (κ3) is 6.05. The molecule has 3 aromatic rings. The molecule has 1 fully saturated rings. The van der Waals surface area contributed by atoms with Gasteiger partial charge in [0.1, 0.15) is 11.5 Å². The van der Waals surface area contributed by atoms with E-state index in [1.54, 1.807) is 0 Å². The van der Waals surface area contributed by atoms with Crippen molar-refractivity contribution in [1.82, 2.24) is 4.90 Å². The Morgan fingerprint density at radius 3 is 2.49 bits per heavy atom. The number of anilines is 1. The molecular formula is C29H27Cl3N2O. The second-order valence-electron chi connectivity index (χ2n) is 8.92. The van der Waals surface area contributed by atoms with Crippen LogP contribution in [0.1, 0.15) is 12.0 Å². The number of benzene rings is 3. The van der Waals surface area contributed by atoms with E-state index in [2.05, 4.69) is 46.2 Å². The Balaban J connectivity index is 1.35. The van der Waals surface area contributed by atoms with Gasteiger partial charge in [-0.1, -0.05) is 71.8 Å². The SMILES string of the molecule is Clc1ccc(N2CCN(Cc3cccc(Oc4ccccc4)c3)CC2C2=CCC(Cl)C=C2)c(Cl)c1. The topological polar surface area (TPSA) is 15.7 Å². The minimum Gasteiger partial charge on any atom is -0.457 e. The number of nitrogens with zero attached hydrogens (tertiary/aromatic N) is 2. The lowest BCUT2D eigenvalue weighted by molar-refractivity contribution is 0.227. The first-order valence-electron chi connectivity index (χ1n) is 11.8. The van der Waals surface area contributed by atoms with Crippen LogP contribution in [0.4, 0.5) is 5.69 Å². The highest BCUT2D eigenvalue weighted by Crippen LogP contribution is 2.35. The molecule has 3 aromatic carbocycles. The Bertz CT molecular complexity index is 1230. The lowest BCUT2D eigenvalue weighted by Crippen LogP contribution is -2.53. The van der Waals surface area contributed by atoms with Crippen LogP contribution in [-0.4, -0.2) is 36.0 Å². The molecule has 1 heterocycles. The number of halogens is 3. The van der Waals surface area contributed by atoms with E-state index in [1.807, 2.05) is 54.6 Å². The molecule has 0 N–H and O–H groups in total. The van der Waals surface area contributed by atoms with Gasteiger partial charge in [0.2, 0.25) is 0 Å². The lowest BCUT2D eigenvalue weighted by Gasteiger charge is -2.44. The highest BCUT2D eigenvalue weighted by atomic mass is 35.5. The third-order valence-corrected chi connectivity index (χ3v) is 7.29. The van der Waals surface area contributed by atoms with E-state index >= 15 is 0 Å². The molecule has 2 atom stereocenters. The molecule has 0 radical (unpaired) electrons. The first-order valence-corrected chi connectivity index (χ1v) is 13.0. The number of alkyl halides is 1. The van der Waals surface area contributed by atoms with Crippen molar-refractivity contribution in [3.8, 4) is 11.5 Å². The largest absolute Gasteiger partial charge is 0.457 e. The molecule has 0 bridgehead atoms. The van der Waals surface area contributed by atoms with E-state index in [4.69, 9.17) is 39.5 Å². The maximum Gasteiger partial charge on any atom is 0.127 e. The number of ether oxygens (including phenoxy) is 1. The third-order valence-electron chi connectivity index (χ3n) is 6.43. The summed E-state index contributed by atoms with van der Waals surface area (Å²) in [5.41, 5.74) is 3.52. The van der Waals surface area contributed by atoms with Gasteiger partial charge < -0.3 is 9.64 Å². The van der Waals surface area contributed by atoms with Crippen LogP contribution in [0.3, 0.4) is 0 Å². The number of allylic oxidation sites excluding steroid dienone is 2. The van der Waals surface area contributed by atoms with E-state index in [0.717, 1.165) is 49.8 Å². The highest BCUT2D eigenvalue weighted by Gasteiger charge is 2.31. The van der Waals surface area contributed by atoms with Gasteiger partial charge in [0, 0.05) is 31.2 Å². The van der Waals surface area contributed by atoms with E-state index < -0.39 is 0 Å². The number of hydrogen-bond acceptors (Lipinski definition) is 3. The minimum atomic E-state index is 0.0540. The van der Waals surface area contributed by atoms with Crippen LogP contribution in [0.5, 0.6) is 11.5 Å². The van der Waals surface area contributed by atoms with Crippen molar-refractivity contribution in [2.75, 3.05) is 24.5 Å². The Morgan fingerprint density at radius 2 is 1.71 bits per heavy atom. The number of hydrogen-bond donors (Lipinski definition) is 0. The predicted octanol–water partition coefficient (Wildman–Crippen LogP) is 7.97. The number of piperazine rings is 1. The molecule has 0 saturated carbocycles. The Hall–Kier alpha value is -2.43. The Kier molecular flexibility index (Phi) is 7.69. The summed E-state index contributed by atoms with van der Waals surface area (Å²) in [5.74, 6) is 1.69. The number of para-hydroxylation sites is 1. The van der Waals surface area contributed by atoms with Crippen molar-refractivity contribution >= 4 is 40.5 Å². The fraction of sp³-hybridized carbons (Fsp3) is 0.241. The summed E-state index contributed by atoms with van der Waals surface area (Å²) in [6.07, 6.45) is 7.35. The molecule has 2 aliphatic rings. The average molecular weight is 526 g/mol. The van der Waals surface area contributed by atoms with E-state index in [1.165, 1.54) is 11.1 Å². The van der Waals surface area contributed by atoms with E-state index in [0.29, 0.717) is 10.0 Å². The van der Waals surface area contributed by atoms with Gasteiger partial charge in [0.25, 0.3) is 0 Å². The average Bonchev–Trinajstić information content (AvgIpc) is 2.86. The molecule has 180 valence electrons. The second-order valence-corrected chi connectivity index (χ2v) is 10.3. The van der Waals surface area contributed by atoms with Gasteiger partial charge in [-0.25, -0.2) is 0 Å². The van der Waals surface area contributed by atoms with E-state index in [9.17, 15) is 0 Å². The van der Waals surface area contributed by atoms with Crippen LogP contribution < -0.4 is 9.64 Å². The summed E-state index contributed by atoms with van der Waals surface area (Å²) in [6.45, 7) is 3.52. The van der Waals surface area contributed by atoms with Gasteiger partial charge in [-0.3, -0.25) is 4.90 Å². The van der Waals surface area contributed by atoms with Crippen molar-refractivity contribution in [3.63, 3.8) is 0 Å². The summed E-state index contributed by atoms with van der Waals surface area (Å²) in [7, 11) is 0. The smallest absolute Gasteiger partial charge is 0.127 e. The van der Waals surface area contributed by atoms with Crippen LogP contribution in [-0.2, 0) is 6.54 Å². The molecular weight excluding hydrogens is 499 g/mol. The summed E-state index contributed by atoms with van der Waals surface area (Å²) >= 11 is 19.1. The first kappa shape index (κ1) is 24.3. The molecule has 1 saturated heterocycles. The normalized spacial score (nSPS) is 20.5. The van der Waals surface area contributed by atoms with Gasteiger partial charge in [0.15, 0.2) is 0 Å². The summed E-state index contributed by atoms with van der Waals surface area (Å²) < 4.78 is 6.05. The van der Waals surface area contributed by atoms with Gasteiger partial charge in [-0.05, 0) is 60.0 Å². The molecule has 0 aromatic heterocycles. The minimum absolute atomic E-state index is 0.0540. The van der Waals surface area contributed by atoms with Gasteiger partial charge in [-0.15, -0.1) is 11.6 Å². The predicted molar refractivity (Wildman–Crippen MR) is 147 cm³/mol. The molecule has 0 spiro atoms. The van der Waals surface area contributed by atoms with Crippen molar-refractivity contribution < 1.29 is 4.74 Å². The monoisotopic (exact) mass is 524 g/mol. The molecule has 1 aliphatic heterocycles. The summed E-state index contributed by atoms with van der Waals surface area (Å²) in [4.78, 5) is 4.89. The van der Waals surface area contributed by atoms with Crippen molar-refractivity contribution in [1.29, 1.82) is 0 Å². The van der Waals surface area contributed by atoms with Crippen molar-refractivity contribution in [2.24, 2.45) is 0 Å². The standard InChI is InChI=1S/C29H27Cl3N2O/c30-23-11-9-22(10-12-23)29-20-33(15-16-34(29)28-14-13-24(31)18-27(28)32)19-21-5-4-8-26(17-21)35-25-6-2-1-3-7-25/h1-11,13-14,17-18,23,29H,12,15-16,19-20H2. The van der Waals surface area contributed by atoms with Crippen LogP contribution in [0.25, 0.3) is 0 Å². The summed E-state index contributed by atoms with van der Waals surface area (Å²) in [5, 5.41) is 1.38. The Morgan fingerprint density at radius 1 is 0.886 bits per heavy atom. The molecule has 0 amide bonds. The fourth-order valence-electron chi connectivity index (χ4n) is 4.72. The molecule has 1 aliphatic carbocycles. The van der Waals surface area contributed by atoms with Crippen LogP contribution in [0.2, 0.25) is 10.0 Å². The van der Waals surface area contributed by atoms with Crippen LogP contribution >= 0.6 is 34.8 Å². The lowest BCUT2D eigenvalue weighted by atomic mass is 9.95. The summed E-state index contributed by atoms with van der Waals surface area (Å²) in [6, 6.07) is 24.1. The van der Waals surface area contributed by atoms with Gasteiger partial charge in [0.05, 0.1) is 22.1 Å². The molecule has 2 unspecified atom stereocenters. The zero-order valence-corrected chi connectivity index (χ0v) is 21.6. The molecule has 5 rings (SSSR count). The second kappa shape index (κ2) is 11.1. The Labute approximate surface area is 222 Å². The zero-order valence-electron chi connectivity index (χ0n) is 19.3. The number of rotatable bonds is 6. The van der Waals surface area contributed by atoms with Crippen molar-refractivity contribution in [3.05, 3.63) is 112 Å². The van der Waals surface area contributed by atoms with Gasteiger partial charge in [-0.2, -0.15) is 0 Å².